The van der Waals surface area contributed by atoms with E-state index in [-0.39, 0.29) is 30.8 Å². The first-order valence-corrected chi connectivity index (χ1v) is 13.6. The van der Waals surface area contributed by atoms with E-state index in [2.05, 4.69) is 46.2 Å². The summed E-state index contributed by atoms with van der Waals surface area (Å²) >= 11 is 0. The predicted octanol–water partition coefficient (Wildman–Crippen LogP) is 2.16. The number of rotatable bonds is 3. The Hall–Kier alpha value is -2.20. The fraction of sp³-hybridized carbons (Fsp3) is 0.586. The molecule has 0 radical (unpaired) electrons. The van der Waals surface area contributed by atoms with Gasteiger partial charge in [-0.25, -0.2) is 4.90 Å². The lowest BCUT2D eigenvalue weighted by Crippen LogP contribution is -2.80. The van der Waals surface area contributed by atoms with Crippen molar-refractivity contribution >= 4 is 0 Å². The lowest BCUT2D eigenvalue weighted by molar-refractivity contribution is -0.259. The second kappa shape index (κ2) is 7.05. The number of hydrogen-bond acceptors (Lipinski definition) is 8. The van der Waals surface area contributed by atoms with E-state index in [0.29, 0.717) is 26.1 Å². The minimum atomic E-state index is -0.939. The maximum Gasteiger partial charge on any atom is 0.166 e. The third-order valence-electron chi connectivity index (χ3n) is 10.6. The molecule has 5 heterocycles. The Balaban J connectivity index is 1.21. The van der Waals surface area contributed by atoms with Gasteiger partial charge < -0.3 is 28.8 Å². The maximum absolute atomic E-state index is 12.9. The largest absolute Gasteiger partial charge is 0.493 e. The Morgan fingerprint density at radius 2 is 1.89 bits per heavy atom. The minimum absolute atomic E-state index is 0.00135. The van der Waals surface area contributed by atoms with Gasteiger partial charge in [0.25, 0.3) is 0 Å². The van der Waals surface area contributed by atoms with Crippen molar-refractivity contribution in [1.82, 2.24) is 9.80 Å². The van der Waals surface area contributed by atoms with Crippen molar-refractivity contribution in [3.63, 3.8) is 0 Å². The van der Waals surface area contributed by atoms with Gasteiger partial charge in [0.05, 0.1) is 31.3 Å². The summed E-state index contributed by atoms with van der Waals surface area (Å²) in [6.45, 7) is 2.81. The Labute approximate surface area is 216 Å². The van der Waals surface area contributed by atoms with Crippen molar-refractivity contribution in [1.29, 1.82) is 0 Å². The molecule has 2 aliphatic carbocycles. The smallest absolute Gasteiger partial charge is 0.166 e. The molecular weight excluding hydrogens is 472 g/mol. The number of methoxy groups -OCH3 is 1. The average molecular weight is 505 g/mol. The Kier molecular flexibility index (Phi) is 4.14. The van der Waals surface area contributed by atoms with E-state index >= 15 is 0 Å². The molecule has 194 valence electrons. The van der Waals surface area contributed by atoms with Crippen LogP contribution in [-0.2, 0) is 32.6 Å². The first-order chi connectivity index (χ1) is 18.1. The van der Waals surface area contributed by atoms with Crippen LogP contribution in [0, 0.1) is 0 Å². The van der Waals surface area contributed by atoms with Crippen LogP contribution in [0.3, 0.4) is 0 Å². The molecule has 8 heteroatoms. The van der Waals surface area contributed by atoms with E-state index < -0.39 is 16.6 Å². The highest BCUT2D eigenvalue weighted by Gasteiger charge is 2.80. The van der Waals surface area contributed by atoms with Crippen LogP contribution in [0.2, 0.25) is 0 Å². The van der Waals surface area contributed by atoms with E-state index in [0.717, 1.165) is 43.0 Å². The molecule has 8 atom stereocenters. The van der Waals surface area contributed by atoms with Crippen LogP contribution < -0.4 is 9.47 Å². The third-order valence-corrected chi connectivity index (χ3v) is 10.6. The summed E-state index contributed by atoms with van der Waals surface area (Å²) in [6, 6.07) is 14.8. The quantitative estimate of drug-likeness (QED) is 0.682. The second-order valence-corrected chi connectivity index (χ2v) is 11.9. The van der Waals surface area contributed by atoms with Crippen LogP contribution in [0.5, 0.6) is 11.5 Å². The average Bonchev–Trinajstić information content (AvgIpc) is 3.66. The number of benzene rings is 2. The molecule has 0 amide bonds. The lowest BCUT2D eigenvalue weighted by Gasteiger charge is -2.66. The van der Waals surface area contributed by atoms with Gasteiger partial charge in [-0.15, -0.1) is 0 Å². The first-order valence-electron chi connectivity index (χ1n) is 13.6. The lowest BCUT2D eigenvalue weighted by atomic mass is 9.46. The molecule has 5 aliphatic heterocycles. The molecule has 1 N–H and O–H groups in total. The van der Waals surface area contributed by atoms with Crippen LogP contribution in [0.1, 0.15) is 36.0 Å². The highest BCUT2D eigenvalue weighted by atomic mass is 16.7. The zero-order chi connectivity index (χ0) is 24.6. The molecule has 0 unspecified atom stereocenters. The number of ether oxygens (including phenoxy) is 5. The number of fused-ring (bicyclic) bond motifs is 2. The maximum atomic E-state index is 12.9. The Morgan fingerprint density at radius 1 is 1.03 bits per heavy atom. The van der Waals surface area contributed by atoms with Crippen LogP contribution in [0.25, 0.3) is 0 Å². The summed E-state index contributed by atoms with van der Waals surface area (Å²) in [5, 5.41) is 12.9. The summed E-state index contributed by atoms with van der Waals surface area (Å²) < 4.78 is 32.1. The number of piperidine rings is 1. The number of hydrogen-bond donors (Lipinski definition) is 1. The van der Waals surface area contributed by atoms with Gasteiger partial charge in [-0.1, -0.05) is 36.4 Å². The summed E-state index contributed by atoms with van der Waals surface area (Å²) in [7, 11) is 1.70. The number of likely N-dealkylation sites (tertiary alicyclic amines) is 1. The molecule has 9 rings (SSSR count). The SMILES string of the molecule is COc1ccc2c3c1O[C@H]1[C@]4(CC[C@@]5(O)[C@@H](C2)N(Cc2ccccc2)CC[C@]315)O[C@@H]1CO[C@@H]2CO[C@H]4N21. The molecule has 0 aromatic heterocycles. The van der Waals surface area contributed by atoms with Gasteiger partial charge in [0.15, 0.2) is 11.5 Å². The third kappa shape index (κ3) is 2.38. The first kappa shape index (κ1) is 21.7. The van der Waals surface area contributed by atoms with Gasteiger partial charge in [-0.3, -0.25) is 4.90 Å². The van der Waals surface area contributed by atoms with Crippen LogP contribution >= 0.6 is 0 Å². The van der Waals surface area contributed by atoms with Crippen molar-refractivity contribution in [3.05, 3.63) is 59.2 Å². The molecule has 8 nitrogen and oxygen atoms in total. The number of aliphatic hydroxyl groups is 1. The van der Waals surface area contributed by atoms with E-state index in [1.807, 2.05) is 6.07 Å². The molecule has 5 fully saturated rings. The minimum Gasteiger partial charge on any atom is -0.493 e. The molecule has 2 spiro atoms. The van der Waals surface area contributed by atoms with Crippen molar-refractivity contribution in [2.45, 2.75) is 79.7 Å². The fourth-order valence-corrected chi connectivity index (χ4v) is 9.24. The summed E-state index contributed by atoms with van der Waals surface area (Å²) in [4.78, 5) is 4.76. The van der Waals surface area contributed by atoms with Crippen LogP contribution in [-0.4, -0.2) is 83.8 Å². The Morgan fingerprint density at radius 3 is 2.76 bits per heavy atom. The van der Waals surface area contributed by atoms with Gasteiger partial charge in [0.2, 0.25) is 0 Å². The zero-order valence-electron chi connectivity index (χ0n) is 21.0. The second-order valence-electron chi connectivity index (χ2n) is 11.9. The van der Waals surface area contributed by atoms with Crippen molar-refractivity contribution < 1.29 is 28.8 Å². The molecule has 2 aromatic carbocycles. The molecule has 4 saturated heterocycles. The predicted molar refractivity (Wildman–Crippen MR) is 131 cm³/mol. The summed E-state index contributed by atoms with van der Waals surface area (Å²) in [6.07, 6.45) is 2.13. The van der Waals surface area contributed by atoms with Gasteiger partial charge in [0.1, 0.15) is 30.4 Å². The topological polar surface area (TPSA) is 72.9 Å². The standard InChI is InChI=1S/C29H32N2O6/c1-33-19-8-7-18-13-20-29(32)10-9-28(26-31-21(15-35-26)34-16-22(31)37-28)25-27(29,23(18)24(19)36-25)11-12-30(20)14-17-5-3-2-4-6-17/h2-8,20-22,25-26,32H,9-16H2,1H3/t20-,21-,22-,25-,26-,27+,28+,29-/m1/s1. The molecule has 7 aliphatic rings. The van der Waals surface area contributed by atoms with Crippen LogP contribution in [0.15, 0.2) is 42.5 Å². The van der Waals surface area contributed by atoms with Crippen molar-refractivity contribution in [3.8, 4) is 11.5 Å². The van der Waals surface area contributed by atoms with Gasteiger partial charge in [0, 0.05) is 24.7 Å². The number of nitrogens with zero attached hydrogens (tertiary/aromatic N) is 2. The normalized spacial score (nSPS) is 44.6. The van der Waals surface area contributed by atoms with Crippen molar-refractivity contribution in [2.75, 3.05) is 26.9 Å². The van der Waals surface area contributed by atoms with E-state index in [1.54, 1.807) is 7.11 Å². The van der Waals surface area contributed by atoms with Crippen LogP contribution in [0.4, 0.5) is 0 Å². The van der Waals surface area contributed by atoms with Gasteiger partial charge in [-0.2, -0.15) is 0 Å². The highest BCUT2D eigenvalue weighted by Crippen LogP contribution is 2.69. The highest BCUT2D eigenvalue weighted by molar-refractivity contribution is 5.63. The van der Waals surface area contributed by atoms with Crippen molar-refractivity contribution in [2.24, 2.45) is 0 Å². The fourth-order valence-electron chi connectivity index (χ4n) is 9.24. The Bertz CT molecular complexity index is 1290. The zero-order valence-corrected chi connectivity index (χ0v) is 21.0. The molecule has 2 aromatic rings. The van der Waals surface area contributed by atoms with E-state index in [9.17, 15) is 5.11 Å². The van der Waals surface area contributed by atoms with E-state index in [4.69, 9.17) is 23.7 Å². The molecule has 37 heavy (non-hydrogen) atoms. The molecule has 2 bridgehead atoms. The summed E-state index contributed by atoms with van der Waals surface area (Å²) in [5.41, 5.74) is 1.50. The molecular formula is C29H32N2O6. The monoisotopic (exact) mass is 504 g/mol. The molecule has 1 saturated carbocycles. The van der Waals surface area contributed by atoms with E-state index in [1.165, 1.54) is 11.1 Å². The van der Waals surface area contributed by atoms with Gasteiger partial charge in [-0.05, 0) is 42.9 Å². The van der Waals surface area contributed by atoms with Gasteiger partial charge >= 0.3 is 0 Å². The summed E-state index contributed by atoms with van der Waals surface area (Å²) in [5.74, 6) is 1.53.